The van der Waals surface area contributed by atoms with Crippen LogP contribution in [-0.2, 0) is 32.8 Å². The van der Waals surface area contributed by atoms with E-state index in [0.717, 1.165) is 102 Å². The number of thiophene rings is 3. The van der Waals surface area contributed by atoms with Crippen LogP contribution in [0.5, 0.6) is 0 Å². The molecule has 0 aliphatic carbocycles. The lowest BCUT2D eigenvalue weighted by molar-refractivity contribution is -0.124. The Labute approximate surface area is 439 Å². The van der Waals surface area contributed by atoms with Crippen molar-refractivity contribution in [2.45, 2.75) is 206 Å². The van der Waals surface area contributed by atoms with E-state index in [1.54, 1.807) is 22.7 Å². The van der Waals surface area contributed by atoms with E-state index in [9.17, 15) is 4.80 Å². The van der Waals surface area contributed by atoms with E-state index in [1.807, 2.05) is 27.7 Å². The third-order valence-electron chi connectivity index (χ3n) is 13.4. The van der Waals surface area contributed by atoms with E-state index in [-0.39, 0.29) is 22.6 Å². The lowest BCUT2D eigenvalue weighted by Crippen LogP contribution is -2.52. The Kier molecular flexibility index (Phi) is 20.7. The average Bonchev–Trinajstić information content (AvgIpc) is 4.07. The van der Waals surface area contributed by atoms with Gasteiger partial charge < -0.3 is 26.9 Å². The number of hydrogen-bond acceptors (Lipinski definition) is 9. The zero-order valence-corrected chi connectivity index (χ0v) is 54.7. The number of carbonyl (C=O) groups is 2. The summed E-state index contributed by atoms with van der Waals surface area (Å²) in [6.07, 6.45) is 11.0. The van der Waals surface area contributed by atoms with Gasteiger partial charge in [-0.15, -0.1) is 34.0 Å². The number of unbranched alkanes of at least 4 members (excludes halogenated alkanes) is 6. The predicted octanol–water partition coefficient (Wildman–Crippen LogP) is 14.7. The zero-order valence-electron chi connectivity index (χ0n) is 45.7. The molecule has 0 fully saturated rings. The second kappa shape index (κ2) is 24.3. The van der Waals surface area contributed by atoms with Gasteiger partial charge in [0.2, 0.25) is 0 Å². The van der Waals surface area contributed by atoms with Crippen molar-refractivity contribution in [1.82, 2.24) is 9.80 Å². The second-order valence-corrected chi connectivity index (χ2v) is 47.9. The molecule has 69 heavy (non-hydrogen) atoms. The molecule has 3 aromatic heterocycles. The van der Waals surface area contributed by atoms with Crippen molar-refractivity contribution in [3.05, 3.63) is 67.1 Å². The molecule has 1 N–H and O–H groups in total. The van der Waals surface area contributed by atoms with E-state index in [4.69, 9.17) is 12.3 Å². The Morgan fingerprint density at radius 3 is 1.57 bits per heavy atom. The van der Waals surface area contributed by atoms with Gasteiger partial charge in [-0.05, 0) is 132 Å². The van der Waals surface area contributed by atoms with Crippen LogP contribution < -0.4 is 0 Å². The molecule has 0 saturated carbocycles. The lowest BCUT2D eigenvalue weighted by Gasteiger charge is -2.38. The minimum Gasteiger partial charge on any atom is -0.442 e. The number of nitrogens with zero attached hydrogens (tertiary/aromatic N) is 2. The number of carbonyl (C=O) groups excluding carboxylic acids is 2. The van der Waals surface area contributed by atoms with E-state index >= 15 is 9.59 Å². The molecule has 386 valence electrons. The summed E-state index contributed by atoms with van der Waals surface area (Å²) in [4.78, 5) is 52.5. The molecule has 3 aromatic rings. The van der Waals surface area contributed by atoms with Crippen LogP contribution in [0.15, 0.2) is 47.5 Å². The Bertz CT molecular complexity index is 2250. The molecule has 2 aliphatic heterocycles. The third kappa shape index (κ3) is 16.1. The quantitative estimate of drug-likeness (QED) is 0.0550. The summed E-state index contributed by atoms with van der Waals surface area (Å²) < 4.78 is 19.5. The van der Waals surface area contributed by atoms with Gasteiger partial charge in [-0.3, -0.25) is 9.59 Å². The summed E-state index contributed by atoms with van der Waals surface area (Å²) in [5.74, 6) is -0.0894. The predicted molar refractivity (Wildman–Crippen MR) is 315 cm³/mol. The maximum Gasteiger partial charge on any atom is 0.321 e. The van der Waals surface area contributed by atoms with Crippen molar-refractivity contribution in [3.8, 4) is 9.75 Å². The van der Waals surface area contributed by atoms with E-state index in [2.05, 4.69) is 136 Å². The normalized spacial score (nSPS) is 17.2. The lowest BCUT2D eigenvalue weighted by atomic mass is 9.81. The highest BCUT2D eigenvalue weighted by atomic mass is 32.1. The first-order chi connectivity index (χ1) is 32.1. The van der Waals surface area contributed by atoms with Crippen LogP contribution in [0, 0.1) is 0 Å². The molecule has 2 atom stereocenters. The van der Waals surface area contributed by atoms with Crippen molar-refractivity contribution in [2.75, 3.05) is 13.1 Å². The highest BCUT2D eigenvalue weighted by Crippen LogP contribution is 2.51. The summed E-state index contributed by atoms with van der Waals surface area (Å²) in [6.45, 7) is 37.4. The first kappa shape index (κ1) is 58.5. The molecule has 0 bridgehead atoms. The third-order valence-corrected chi connectivity index (χ3v) is 33.7. The van der Waals surface area contributed by atoms with Gasteiger partial charge in [-0.2, -0.15) is 0 Å². The fourth-order valence-electron chi connectivity index (χ4n) is 9.92. The maximum absolute atomic E-state index is 15.4. The largest absolute Gasteiger partial charge is 0.442 e. The molecule has 5 heterocycles. The van der Waals surface area contributed by atoms with Gasteiger partial charge in [0.25, 0.3) is 11.8 Å². The minimum absolute atomic E-state index is 0.0409. The second-order valence-electron chi connectivity index (χ2n) is 23.8. The van der Waals surface area contributed by atoms with Crippen LogP contribution in [0.3, 0.4) is 0 Å². The molecule has 0 aromatic carbocycles. The van der Waals surface area contributed by atoms with Gasteiger partial charge >= 0.3 is 17.1 Å². The molecule has 5 rings (SSSR count). The van der Waals surface area contributed by atoms with Crippen molar-refractivity contribution in [2.24, 2.45) is 0 Å². The molecular weight excluding hydrogens is 1010 g/mol. The molecule has 0 saturated heterocycles. The van der Waals surface area contributed by atoms with Crippen molar-refractivity contribution < 1.29 is 26.7 Å². The van der Waals surface area contributed by atoms with Gasteiger partial charge in [0.05, 0.1) is 32.3 Å². The zero-order chi connectivity index (χ0) is 51.2. The van der Waals surface area contributed by atoms with Crippen LogP contribution in [0.2, 0.25) is 90.1 Å². The Morgan fingerprint density at radius 2 is 1.07 bits per heavy atom. The standard InChI is InChI=1S/C52H90N2O6S3Si6/c1-17-52(5,33-26-36-65(7)8)44-32-30-42(63-44)48-46-45(49(55)54(48)35-23-19-21-25-38-69(16,59-66(9,10)11)60-67(12,13)14)47(41-28-27-39(61-41)40-29-31-43(62-40)51(2,3)4)53(50(46)56)34-22-18-20-24-37-68(15,57)58-64-6/h27-32,57,65H,17-26,33-38,64H2,1-16H3. The summed E-state index contributed by atoms with van der Waals surface area (Å²) in [6, 6.07) is 16.4. The number of amides is 2. The minimum atomic E-state index is -2.58. The summed E-state index contributed by atoms with van der Waals surface area (Å²) >= 11 is 5.33. The summed E-state index contributed by atoms with van der Waals surface area (Å²) in [5.41, 5.74) is 2.86. The smallest absolute Gasteiger partial charge is 0.321 e. The maximum atomic E-state index is 15.4. The van der Waals surface area contributed by atoms with E-state index < -0.39 is 52.3 Å². The highest BCUT2D eigenvalue weighted by Gasteiger charge is 2.49. The molecule has 2 amide bonds. The van der Waals surface area contributed by atoms with Gasteiger partial charge in [-0.25, -0.2) is 0 Å². The number of fused-ring (bicyclic) bond motifs is 1. The van der Waals surface area contributed by atoms with Crippen LogP contribution in [0.1, 0.15) is 125 Å². The first-order valence-electron chi connectivity index (χ1n) is 26.3. The number of hydrogen-bond donors (Lipinski definition) is 1. The van der Waals surface area contributed by atoms with E-state index in [1.165, 1.54) is 27.1 Å². The van der Waals surface area contributed by atoms with Gasteiger partial charge in [0.15, 0.2) is 16.6 Å². The average molecular weight is 1100 g/mol. The van der Waals surface area contributed by atoms with Crippen LogP contribution in [0.4, 0.5) is 0 Å². The first-order valence-corrected chi connectivity index (χ1v) is 45.8. The van der Waals surface area contributed by atoms with Gasteiger partial charge in [0, 0.05) is 46.8 Å². The van der Waals surface area contributed by atoms with E-state index in [0.29, 0.717) is 24.2 Å². The Balaban J connectivity index is 1.51. The van der Waals surface area contributed by atoms with Crippen LogP contribution >= 0.6 is 34.0 Å². The van der Waals surface area contributed by atoms with Crippen LogP contribution in [0.25, 0.3) is 21.1 Å². The summed E-state index contributed by atoms with van der Waals surface area (Å²) in [5, 5.41) is 0. The Morgan fingerprint density at radius 1 is 0.623 bits per heavy atom. The van der Waals surface area contributed by atoms with Crippen molar-refractivity contribution in [1.29, 1.82) is 0 Å². The van der Waals surface area contributed by atoms with Crippen molar-refractivity contribution >= 4 is 110 Å². The molecule has 0 spiro atoms. The monoisotopic (exact) mass is 1100 g/mol. The van der Waals surface area contributed by atoms with Gasteiger partial charge in [-0.1, -0.05) is 105 Å². The molecule has 2 aliphatic rings. The summed E-state index contributed by atoms with van der Waals surface area (Å²) in [7, 11) is -9.80. The molecule has 17 heteroatoms. The fourth-order valence-corrected chi connectivity index (χ4v) is 31.1. The number of rotatable bonds is 29. The highest BCUT2D eigenvalue weighted by molar-refractivity contribution is 7.22. The SMILES string of the molecule is CCC(C)(CCC[SiH](C)C)c1ccc(C2=C3C(=O)N(CCCCCC[Si](C)(O)O[SiH2]C)C(c4ccc(-c5ccc(C(C)(C)C)s5)s4)=C3C(=O)N2CCCCCC[Si](C)(O[Si](C)(C)C)O[Si](C)(C)C)s1. The fraction of sp³-hybridized carbons (Fsp3) is 0.654. The van der Waals surface area contributed by atoms with Crippen LogP contribution in [-0.4, -0.2) is 91.8 Å². The molecule has 0 radical (unpaired) electrons. The molecular formula is C52H90N2O6S3Si6. The molecule has 8 nitrogen and oxygen atoms in total. The topological polar surface area (TPSA) is 88.5 Å². The van der Waals surface area contributed by atoms with Gasteiger partial charge in [0.1, 0.15) is 9.76 Å². The van der Waals surface area contributed by atoms with Crippen molar-refractivity contribution in [3.63, 3.8) is 0 Å². The Hall–Kier alpha value is -1.34. The molecule has 2 unspecified atom stereocenters.